The summed E-state index contributed by atoms with van der Waals surface area (Å²) < 4.78 is 0. The van der Waals surface area contributed by atoms with Crippen molar-refractivity contribution in [3.8, 4) is 0 Å². The number of halogens is 1. The van der Waals surface area contributed by atoms with E-state index >= 15 is 0 Å². The first-order valence-corrected chi connectivity index (χ1v) is 11.3. The Morgan fingerprint density at radius 2 is 2.04 bits per heavy atom. The van der Waals surface area contributed by atoms with Gasteiger partial charge in [-0.2, -0.15) is 0 Å². The SMILES string of the molecule is CCNC(=NCc1ccc(CC)s1)NCCC(=O)N1CCc2sccc2C1.I. The van der Waals surface area contributed by atoms with Gasteiger partial charge in [0.15, 0.2) is 5.96 Å². The Bertz CT molecular complexity index is 787. The molecule has 0 radical (unpaired) electrons. The summed E-state index contributed by atoms with van der Waals surface area (Å²) in [5, 5.41) is 8.67. The van der Waals surface area contributed by atoms with Crippen molar-refractivity contribution < 1.29 is 4.79 Å². The molecule has 1 aliphatic rings. The van der Waals surface area contributed by atoms with E-state index in [0.29, 0.717) is 19.5 Å². The summed E-state index contributed by atoms with van der Waals surface area (Å²) in [5.41, 5.74) is 1.31. The maximum Gasteiger partial charge on any atom is 0.224 e. The molecule has 0 fully saturated rings. The molecular weight excluding hydrogens is 503 g/mol. The molecular formula is C20H29IN4OS2. The number of hydrogen-bond acceptors (Lipinski definition) is 4. The number of rotatable bonds is 7. The van der Waals surface area contributed by atoms with Crippen LogP contribution in [0.2, 0.25) is 0 Å². The van der Waals surface area contributed by atoms with Gasteiger partial charge in [0.05, 0.1) is 6.54 Å². The number of thiophene rings is 2. The fourth-order valence-corrected chi connectivity index (χ4v) is 4.88. The summed E-state index contributed by atoms with van der Waals surface area (Å²) in [4.78, 5) is 23.2. The highest BCUT2D eigenvalue weighted by atomic mass is 127. The maximum atomic E-state index is 12.5. The number of guanidine groups is 1. The van der Waals surface area contributed by atoms with E-state index in [2.05, 4.69) is 53.1 Å². The molecule has 0 spiro atoms. The van der Waals surface area contributed by atoms with Gasteiger partial charge in [0.1, 0.15) is 0 Å². The molecule has 1 amide bonds. The Hall–Kier alpha value is -1.13. The molecule has 1 aliphatic heterocycles. The summed E-state index contributed by atoms with van der Waals surface area (Å²) in [6.07, 6.45) is 2.54. The molecule has 28 heavy (non-hydrogen) atoms. The van der Waals surface area contributed by atoms with Gasteiger partial charge in [-0.25, -0.2) is 4.99 Å². The van der Waals surface area contributed by atoms with Crippen molar-refractivity contribution in [2.24, 2.45) is 4.99 Å². The minimum atomic E-state index is 0. The first-order valence-electron chi connectivity index (χ1n) is 9.62. The van der Waals surface area contributed by atoms with Gasteiger partial charge in [0, 0.05) is 47.2 Å². The van der Waals surface area contributed by atoms with E-state index in [1.807, 2.05) is 16.2 Å². The zero-order chi connectivity index (χ0) is 19.1. The molecule has 3 heterocycles. The highest BCUT2D eigenvalue weighted by molar-refractivity contribution is 14.0. The van der Waals surface area contributed by atoms with Crippen LogP contribution in [0.5, 0.6) is 0 Å². The van der Waals surface area contributed by atoms with Crippen molar-refractivity contribution in [3.05, 3.63) is 43.8 Å². The largest absolute Gasteiger partial charge is 0.357 e. The standard InChI is InChI=1S/C20H28N4OS2.HI/c1-3-16-5-6-17(27-16)13-23-20(21-4-2)22-10-7-19(25)24-11-8-18-15(14-24)9-12-26-18;/h5-6,9,12H,3-4,7-8,10-11,13-14H2,1-2H3,(H2,21,22,23);1H. The highest BCUT2D eigenvalue weighted by Gasteiger charge is 2.20. The van der Waals surface area contributed by atoms with Crippen LogP contribution in [0.1, 0.15) is 40.5 Å². The second-order valence-corrected chi connectivity index (χ2v) is 8.78. The number of carbonyl (C=O) groups excluding carboxylic acids is 1. The molecule has 0 aliphatic carbocycles. The van der Waals surface area contributed by atoms with Gasteiger partial charge < -0.3 is 15.5 Å². The smallest absolute Gasteiger partial charge is 0.224 e. The van der Waals surface area contributed by atoms with Gasteiger partial charge in [-0.05, 0) is 48.9 Å². The molecule has 2 N–H and O–H groups in total. The molecule has 0 unspecified atom stereocenters. The molecule has 0 atom stereocenters. The molecule has 8 heteroatoms. The third-order valence-electron chi connectivity index (χ3n) is 4.59. The van der Waals surface area contributed by atoms with Gasteiger partial charge in [-0.1, -0.05) is 6.92 Å². The average Bonchev–Trinajstić information content (AvgIpc) is 3.34. The summed E-state index contributed by atoms with van der Waals surface area (Å²) in [5.74, 6) is 0.983. The van der Waals surface area contributed by atoms with Crippen LogP contribution in [-0.2, 0) is 30.7 Å². The Balaban J connectivity index is 0.00000280. The Kier molecular flexibility index (Phi) is 9.73. The van der Waals surface area contributed by atoms with Crippen LogP contribution in [0, 0.1) is 0 Å². The van der Waals surface area contributed by atoms with Crippen LogP contribution in [0.25, 0.3) is 0 Å². The lowest BCUT2D eigenvalue weighted by Gasteiger charge is -2.27. The van der Waals surface area contributed by atoms with E-state index in [9.17, 15) is 4.79 Å². The molecule has 154 valence electrons. The number of fused-ring (bicyclic) bond motifs is 1. The number of hydrogen-bond donors (Lipinski definition) is 2. The van der Waals surface area contributed by atoms with Crippen LogP contribution < -0.4 is 10.6 Å². The fourth-order valence-electron chi connectivity index (χ4n) is 3.10. The second-order valence-electron chi connectivity index (χ2n) is 6.53. The number of nitrogens with one attached hydrogen (secondary N) is 2. The second kappa shape index (κ2) is 11.8. The van der Waals surface area contributed by atoms with E-state index < -0.39 is 0 Å². The Morgan fingerprint density at radius 3 is 2.79 bits per heavy atom. The van der Waals surface area contributed by atoms with E-state index in [0.717, 1.165) is 38.4 Å². The lowest BCUT2D eigenvalue weighted by Crippen LogP contribution is -2.41. The van der Waals surface area contributed by atoms with E-state index in [-0.39, 0.29) is 29.9 Å². The molecule has 0 aromatic carbocycles. The number of aliphatic imine (C=N–C) groups is 1. The van der Waals surface area contributed by atoms with Crippen molar-refractivity contribution in [1.82, 2.24) is 15.5 Å². The van der Waals surface area contributed by atoms with E-state index in [4.69, 9.17) is 0 Å². The van der Waals surface area contributed by atoms with Crippen molar-refractivity contribution in [1.29, 1.82) is 0 Å². The summed E-state index contributed by atoms with van der Waals surface area (Å²) in [6.45, 7) is 7.88. The van der Waals surface area contributed by atoms with Crippen LogP contribution in [0.15, 0.2) is 28.6 Å². The fraction of sp³-hybridized carbons (Fsp3) is 0.500. The van der Waals surface area contributed by atoms with Crippen molar-refractivity contribution >= 4 is 58.5 Å². The van der Waals surface area contributed by atoms with E-state index in [1.165, 1.54) is 20.2 Å². The number of amides is 1. The predicted octanol–water partition coefficient (Wildman–Crippen LogP) is 4.02. The van der Waals surface area contributed by atoms with Gasteiger partial charge in [-0.15, -0.1) is 46.7 Å². The molecule has 3 rings (SSSR count). The van der Waals surface area contributed by atoms with Gasteiger partial charge in [-0.3, -0.25) is 4.79 Å². The van der Waals surface area contributed by atoms with E-state index in [1.54, 1.807) is 11.3 Å². The third kappa shape index (κ3) is 6.45. The van der Waals surface area contributed by atoms with Crippen LogP contribution >= 0.6 is 46.7 Å². The molecule has 2 aromatic rings. The summed E-state index contributed by atoms with van der Waals surface area (Å²) >= 11 is 3.61. The number of nitrogens with zero attached hydrogens (tertiary/aromatic N) is 2. The van der Waals surface area contributed by atoms with Gasteiger partial charge >= 0.3 is 0 Å². The predicted molar refractivity (Wildman–Crippen MR) is 130 cm³/mol. The van der Waals surface area contributed by atoms with Crippen molar-refractivity contribution in [3.63, 3.8) is 0 Å². The minimum absolute atomic E-state index is 0. The normalized spacial score (nSPS) is 13.6. The van der Waals surface area contributed by atoms with Crippen LogP contribution in [0.4, 0.5) is 0 Å². The molecule has 5 nitrogen and oxygen atoms in total. The highest BCUT2D eigenvalue weighted by Crippen LogP contribution is 2.24. The average molecular weight is 533 g/mol. The topological polar surface area (TPSA) is 56.7 Å². The molecule has 0 bridgehead atoms. The Morgan fingerprint density at radius 1 is 1.21 bits per heavy atom. The lowest BCUT2D eigenvalue weighted by molar-refractivity contribution is -0.131. The zero-order valence-corrected chi connectivity index (χ0v) is 20.5. The molecule has 0 saturated carbocycles. The molecule has 0 saturated heterocycles. The number of aryl methyl sites for hydroxylation is 1. The van der Waals surface area contributed by atoms with Crippen molar-refractivity contribution in [2.75, 3.05) is 19.6 Å². The van der Waals surface area contributed by atoms with Crippen LogP contribution in [0.3, 0.4) is 0 Å². The zero-order valence-electron chi connectivity index (χ0n) is 16.5. The maximum absolute atomic E-state index is 12.5. The van der Waals surface area contributed by atoms with Crippen molar-refractivity contribution in [2.45, 2.75) is 46.2 Å². The first kappa shape index (κ1) is 23.2. The van der Waals surface area contributed by atoms with Gasteiger partial charge in [0.2, 0.25) is 5.91 Å². The number of carbonyl (C=O) groups is 1. The third-order valence-corrected chi connectivity index (χ3v) is 6.83. The minimum Gasteiger partial charge on any atom is -0.357 e. The Labute approximate surface area is 192 Å². The van der Waals surface area contributed by atoms with Gasteiger partial charge in [0.25, 0.3) is 0 Å². The lowest BCUT2D eigenvalue weighted by atomic mass is 10.1. The summed E-state index contributed by atoms with van der Waals surface area (Å²) in [7, 11) is 0. The first-order chi connectivity index (χ1) is 13.2. The van der Waals surface area contributed by atoms with Crippen LogP contribution in [-0.4, -0.2) is 36.4 Å². The monoisotopic (exact) mass is 532 g/mol. The summed E-state index contributed by atoms with van der Waals surface area (Å²) in [6, 6.07) is 6.46. The molecule has 2 aromatic heterocycles. The quantitative estimate of drug-likeness (QED) is 0.322.